The lowest BCUT2D eigenvalue weighted by atomic mass is 9.33. The molecule has 0 aliphatic heterocycles. The molecule has 6 rings (SSSR count). The molecule has 0 unspecified atom stereocenters. The second kappa shape index (κ2) is 10.9. The van der Waals surface area contributed by atoms with Gasteiger partial charge < -0.3 is 19.9 Å². The molecule has 0 aromatic heterocycles. The molecule has 2 N–H and O–H groups in total. The molecule has 9 atom stereocenters. The largest absolute Gasteiger partial charge is 0.390 e. The number of carbonyl (C=O) groups is 1. The standard InChI is InChI=1S/C39H59NO4/c1-34(2)18-20-39(33(42)40-24-26-12-10-9-11-13-26)21-19-37(6)27(28(39)22-34)14-15-31-36(5)23-29(44-25-43-8)32(41)35(3,4)30(36)16-17-38(31,37)7/h9-14,28-32,41H,15-25H2,1-8H3,(H,40,42)/t28-,29+,30-,31+,32-,36-,37+,38+,39-/m0/s1. The number of ether oxygens (including phenoxy) is 2. The van der Waals surface area contributed by atoms with Gasteiger partial charge in [0.2, 0.25) is 5.91 Å². The number of fused-ring (bicyclic) bond motifs is 7. The summed E-state index contributed by atoms with van der Waals surface area (Å²) in [4.78, 5) is 14.4. The van der Waals surface area contributed by atoms with E-state index in [4.69, 9.17) is 9.47 Å². The fraction of sp³-hybridized carbons (Fsp3) is 0.769. The zero-order valence-corrected chi connectivity index (χ0v) is 28.8. The summed E-state index contributed by atoms with van der Waals surface area (Å²) in [5, 5.41) is 14.9. The zero-order valence-electron chi connectivity index (χ0n) is 28.8. The van der Waals surface area contributed by atoms with Crippen molar-refractivity contribution < 1.29 is 19.4 Å². The number of methoxy groups -OCH3 is 1. The Labute approximate surface area is 266 Å². The molecule has 4 saturated carbocycles. The Balaban J connectivity index is 1.36. The Bertz CT molecular complexity index is 1270. The number of nitrogens with one attached hydrogen (secondary N) is 1. The molecule has 244 valence electrons. The van der Waals surface area contributed by atoms with Gasteiger partial charge in [-0.15, -0.1) is 0 Å². The minimum Gasteiger partial charge on any atom is -0.390 e. The van der Waals surface area contributed by atoms with Gasteiger partial charge in [0.25, 0.3) is 0 Å². The summed E-state index contributed by atoms with van der Waals surface area (Å²) in [7, 11) is 1.66. The van der Waals surface area contributed by atoms with Gasteiger partial charge in [0.05, 0.1) is 17.6 Å². The van der Waals surface area contributed by atoms with E-state index in [1.54, 1.807) is 12.7 Å². The minimum absolute atomic E-state index is 0.0482. The third-order valence-electron chi connectivity index (χ3n) is 14.7. The van der Waals surface area contributed by atoms with Crippen molar-refractivity contribution >= 4 is 5.91 Å². The van der Waals surface area contributed by atoms with E-state index < -0.39 is 6.10 Å². The van der Waals surface area contributed by atoms with Gasteiger partial charge >= 0.3 is 0 Å². The average molecular weight is 606 g/mol. The molecule has 0 radical (unpaired) electrons. The quantitative estimate of drug-likeness (QED) is 0.254. The molecule has 5 aliphatic rings. The highest BCUT2D eigenvalue weighted by molar-refractivity contribution is 5.84. The van der Waals surface area contributed by atoms with E-state index in [1.807, 2.05) is 6.07 Å². The molecule has 1 amide bonds. The summed E-state index contributed by atoms with van der Waals surface area (Å²) >= 11 is 0. The van der Waals surface area contributed by atoms with Crippen LogP contribution in [0.25, 0.3) is 0 Å². The molecule has 0 bridgehead atoms. The van der Waals surface area contributed by atoms with E-state index in [2.05, 4.69) is 84.1 Å². The number of hydrogen-bond donors (Lipinski definition) is 2. The first-order valence-electron chi connectivity index (χ1n) is 17.5. The van der Waals surface area contributed by atoms with E-state index in [0.717, 1.165) is 56.9 Å². The van der Waals surface area contributed by atoms with Crippen LogP contribution in [-0.2, 0) is 20.8 Å². The molecule has 0 heterocycles. The molecule has 5 heteroatoms. The number of allylic oxidation sites excluding steroid dienone is 2. The average Bonchev–Trinajstić information content (AvgIpc) is 2.97. The van der Waals surface area contributed by atoms with Crippen molar-refractivity contribution in [1.29, 1.82) is 0 Å². The summed E-state index contributed by atoms with van der Waals surface area (Å²) in [6.45, 7) is 17.9. The van der Waals surface area contributed by atoms with Crippen LogP contribution >= 0.6 is 0 Å². The van der Waals surface area contributed by atoms with Crippen molar-refractivity contribution in [3.8, 4) is 0 Å². The lowest BCUT2D eigenvalue weighted by Crippen LogP contribution is -2.67. The van der Waals surface area contributed by atoms with Crippen LogP contribution in [0.4, 0.5) is 0 Å². The van der Waals surface area contributed by atoms with E-state index in [1.165, 1.54) is 6.42 Å². The van der Waals surface area contributed by atoms with Gasteiger partial charge in [0.15, 0.2) is 0 Å². The number of benzene rings is 1. The van der Waals surface area contributed by atoms with Crippen LogP contribution in [-0.4, -0.2) is 37.1 Å². The van der Waals surface area contributed by atoms with Crippen molar-refractivity contribution in [3.05, 3.63) is 47.5 Å². The van der Waals surface area contributed by atoms with Gasteiger partial charge in [-0.1, -0.05) is 90.4 Å². The van der Waals surface area contributed by atoms with Gasteiger partial charge in [-0.05, 0) is 108 Å². The summed E-state index contributed by atoms with van der Waals surface area (Å²) in [6, 6.07) is 10.4. The summed E-state index contributed by atoms with van der Waals surface area (Å²) in [5.74, 6) is 1.49. The Morgan fingerprint density at radius 2 is 1.64 bits per heavy atom. The molecule has 44 heavy (non-hydrogen) atoms. The molecule has 1 aromatic rings. The van der Waals surface area contributed by atoms with Crippen molar-refractivity contribution in [3.63, 3.8) is 0 Å². The Hall–Kier alpha value is -1.69. The minimum atomic E-state index is -0.500. The number of carbonyl (C=O) groups excluding carboxylic acids is 1. The Morgan fingerprint density at radius 3 is 2.34 bits per heavy atom. The molecular weight excluding hydrogens is 546 g/mol. The SMILES string of the molecule is COCO[C@@H]1C[C@]2(C)[C@H]3CC=C4[C@@H]5CC(C)(C)CC[C@]5(C(=O)NCc5ccccc5)CC[C@@]4(C)[C@]3(C)CC[C@H]2C(C)(C)[C@H]1O. The number of aliphatic hydroxyl groups excluding tert-OH is 1. The van der Waals surface area contributed by atoms with Crippen molar-refractivity contribution in [2.24, 2.45) is 50.2 Å². The fourth-order valence-electron chi connectivity index (χ4n) is 12.0. The maximum Gasteiger partial charge on any atom is 0.227 e. The fourth-order valence-corrected chi connectivity index (χ4v) is 12.0. The topological polar surface area (TPSA) is 67.8 Å². The summed E-state index contributed by atoms with van der Waals surface area (Å²) in [6.07, 6.45) is 11.3. The van der Waals surface area contributed by atoms with Crippen LogP contribution in [0.1, 0.15) is 112 Å². The van der Waals surface area contributed by atoms with Crippen molar-refractivity contribution in [2.75, 3.05) is 13.9 Å². The number of hydrogen-bond acceptors (Lipinski definition) is 4. The molecular formula is C39H59NO4. The van der Waals surface area contributed by atoms with E-state index in [9.17, 15) is 9.90 Å². The van der Waals surface area contributed by atoms with Gasteiger partial charge in [-0.25, -0.2) is 0 Å². The van der Waals surface area contributed by atoms with Gasteiger partial charge in [-0.3, -0.25) is 4.79 Å². The summed E-state index contributed by atoms with van der Waals surface area (Å²) < 4.78 is 11.5. The molecule has 4 fully saturated rings. The zero-order chi connectivity index (χ0) is 31.8. The Kier molecular flexibility index (Phi) is 8.02. The van der Waals surface area contributed by atoms with Crippen molar-refractivity contribution in [2.45, 2.75) is 125 Å². The predicted molar refractivity (Wildman–Crippen MR) is 175 cm³/mol. The monoisotopic (exact) mass is 605 g/mol. The van der Waals surface area contributed by atoms with Gasteiger partial charge in [0, 0.05) is 13.7 Å². The normalized spacial score (nSPS) is 43.8. The second-order valence-electron chi connectivity index (χ2n) is 17.6. The van der Waals surface area contributed by atoms with Gasteiger partial charge in [0.1, 0.15) is 6.79 Å². The lowest BCUT2D eigenvalue weighted by Gasteiger charge is -2.71. The number of aliphatic hydroxyl groups is 1. The molecule has 1 aromatic carbocycles. The highest BCUT2D eigenvalue weighted by Gasteiger charge is 2.70. The highest BCUT2D eigenvalue weighted by Crippen LogP contribution is 2.75. The number of rotatable bonds is 6. The lowest BCUT2D eigenvalue weighted by molar-refractivity contribution is -0.250. The first kappa shape index (κ1) is 32.3. The number of amides is 1. The van der Waals surface area contributed by atoms with Crippen LogP contribution in [0.15, 0.2) is 42.0 Å². The maximum atomic E-state index is 14.4. The highest BCUT2D eigenvalue weighted by atomic mass is 16.7. The van der Waals surface area contributed by atoms with E-state index >= 15 is 0 Å². The molecule has 5 aliphatic carbocycles. The Morgan fingerprint density at radius 1 is 0.932 bits per heavy atom. The molecule has 0 spiro atoms. The third-order valence-corrected chi connectivity index (χ3v) is 14.7. The smallest absolute Gasteiger partial charge is 0.227 e. The van der Waals surface area contributed by atoms with Crippen LogP contribution in [0, 0.1) is 50.2 Å². The molecule has 0 saturated heterocycles. The van der Waals surface area contributed by atoms with Crippen LogP contribution in [0.2, 0.25) is 0 Å². The van der Waals surface area contributed by atoms with E-state index in [0.29, 0.717) is 18.4 Å². The summed E-state index contributed by atoms with van der Waals surface area (Å²) in [5.41, 5.74) is 2.65. The van der Waals surface area contributed by atoms with Gasteiger partial charge in [-0.2, -0.15) is 0 Å². The van der Waals surface area contributed by atoms with Crippen LogP contribution in [0.3, 0.4) is 0 Å². The van der Waals surface area contributed by atoms with Crippen LogP contribution in [0.5, 0.6) is 0 Å². The second-order valence-corrected chi connectivity index (χ2v) is 17.6. The first-order valence-corrected chi connectivity index (χ1v) is 17.5. The maximum absolute atomic E-state index is 14.4. The molecule has 5 nitrogen and oxygen atoms in total. The van der Waals surface area contributed by atoms with Crippen LogP contribution < -0.4 is 5.32 Å². The van der Waals surface area contributed by atoms with Crippen molar-refractivity contribution in [1.82, 2.24) is 5.32 Å². The van der Waals surface area contributed by atoms with E-state index in [-0.39, 0.29) is 57.2 Å². The third kappa shape index (κ3) is 4.68. The predicted octanol–water partition coefficient (Wildman–Crippen LogP) is 8.06. The first-order chi connectivity index (χ1) is 20.6.